The van der Waals surface area contributed by atoms with Crippen molar-refractivity contribution in [1.29, 1.82) is 0 Å². The van der Waals surface area contributed by atoms with Crippen molar-refractivity contribution in [2.75, 3.05) is 20.2 Å². The molecule has 1 aliphatic rings. The summed E-state index contributed by atoms with van der Waals surface area (Å²) in [6.45, 7) is 5.80. The van der Waals surface area contributed by atoms with Crippen molar-refractivity contribution in [3.05, 3.63) is 23.3 Å². The van der Waals surface area contributed by atoms with Crippen LogP contribution in [0.3, 0.4) is 0 Å². The highest BCUT2D eigenvalue weighted by atomic mass is 32.2. The van der Waals surface area contributed by atoms with E-state index in [4.69, 9.17) is 4.74 Å². The number of carboxylic acids is 1. The lowest BCUT2D eigenvalue weighted by Gasteiger charge is -2.34. The third-order valence-electron chi connectivity index (χ3n) is 4.50. The molecule has 0 aliphatic carbocycles. The van der Waals surface area contributed by atoms with Crippen LogP contribution in [0.25, 0.3) is 0 Å². The second-order valence-corrected chi connectivity index (χ2v) is 8.12. The van der Waals surface area contributed by atoms with E-state index in [0.717, 1.165) is 5.56 Å². The fourth-order valence-electron chi connectivity index (χ4n) is 3.09. The highest BCUT2D eigenvalue weighted by Crippen LogP contribution is 2.32. The molecule has 0 aromatic heterocycles. The first-order chi connectivity index (χ1) is 10.7. The van der Waals surface area contributed by atoms with Crippen LogP contribution >= 0.6 is 0 Å². The monoisotopic (exact) mass is 341 g/mol. The molecule has 0 bridgehead atoms. The van der Waals surface area contributed by atoms with Crippen molar-refractivity contribution in [2.45, 2.75) is 32.1 Å². The van der Waals surface area contributed by atoms with Gasteiger partial charge in [0, 0.05) is 13.1 Å². The predicted octanol–water partition coefficient (Wildman–Crippen LogP) is 2.04. The summed E-state index contributed by atoms with van der Waals surface area (Å²) in [6, 6.07) is 3.17. The van der Waals surface area contributed by atoms with E-state index in [0.29, 0.717) is 24.3 Å². The quantitative estimate of drug-likeness (QED) is 0.906. The molecule has 1 fully saturated rings. The molecule has 2 unspecified atom stereocenters. The molecule has 1 aromatic carbocycles. The lowest BCUT2D eigenvalue weighted by atomic mass is 9.92. The number of carbonyl (C=O) groups is 1. The number of carboxylic acid groups (broad SMARTS) is 1. The molecule has 0 saturated carbocycles. The van der Waals surface area contributed by atoms with Gasteiger partial charge < -0.3 is 9.84 Å². The van der Waals surface area contributed by atoms with Crippen LogP contribution in [0.15, 0.2) is 17.0 Å². The van der Waals surface area contributed by atoms with E-state index in [2.05, 4.69) is 0 Å². The number of hydrogen-bond acceptors (Lipinski definition) is 4. The van der Waals surface area contributed by atoms with E-state index < -0.39 is 21.9 Å². The van der Waals surface area contributed by atoms with Crippen LogP contribution in [0.1, 0.15) is 24.5 Å². The Morgan fingerprint density at radius 3 is 2.48 bits per heavy atom. The summed E-state index contributed by atoms with van der Waals surface area (Å²) in [6.07, 6.45) is 0.502. The second kappa shape index (κ2) is 6.49. The van der Waals surface area contributed by atoms with Crippen LogP contribution in [0.2, 0.25) is 0 Å². The SMILES string of the molecule is COc1ccc(S(=O)(=O)N2CC(C)CC(C(=O)O)C2)c(C)c1C. The minimum absolute atomic E-state index is 0.0132. The Morgan fingerprint density at radius 2 is 1.91 bits per heavy atom. The maximum Gasteiger partial charge on any atom is 0.307 e. The molecular formula is C16H23NO5S. The van der Waals surface area contributed by atoms with E-state index >= 15 is 0 Å². The average molecular weight is 341 g/mol. The summed E-state index contributed by atoms with van der Waals surface area (Å²) in [5.74, 6) is -0.955. The third kappa shape index (κ3) is 3.35. The molecule has 1 aromatic rings. The molecule has 1 saturated heterocycles. The van der Waals surface area contributed by atoms with Crippen molar-refractivity contribution in [2.24, 2.45) is 11.8 Å². The van der Waals surface area contributed by atoms with Crippen molar-refractivity contribution >= 4 is 16.0 Å². The normalized spacial score (nSPS) is 22.8. The second-order valence-electron chi connectivity index (χ2n) is 6.21. The molecule has 1 aliphatic heterocycles. The van der Waals surface area contributed by atoms with Gasteiger partial charge in [0.1, 0.15) is 5.75 Å². The number of piperidine rings is 1. The van der Waals surface area contributed by atoms with Gasteiger partial charge in [0.25, 0.3) is 0 Å². The van der Waals surface area contributed by atoms with Crippen molar-refractivity contribution in [1.82, 2.24) is 4.31 Å². The van der Waals surface area contributed by atoms with E-state index in [1.54, 1.807) is 20.1 Å². The first-order valence-corrected chi connectivity index (χ1v) is 8.99. The lowest BCUT2D eigenvalue weighted by Crippen LogP contribution is -2.45. The predicted molar refractivity (Wildman–Crippen MR) is 86.1 cm³/mol. The fraction of sp³-hybridized carbons (Fsp3) is 0.562. The van der Waals surface area contributed by atoms with Gasteiger partial charge in [0.15, 0.2) is 0 Å². The molecule has 0 amide bonds. The summed E-state index contributed by atoms with van der Waals surface area (Å²) in [7, 11) is -2.18. The zero-order valence-electron chi connectivity index (χ0n) is 13.9. The molecule has 1 heterocycles. The largest absolute Gasteiger partial charge is 0.496 e. The number of aliphatic carboxylic acids is 1. The number of benzene rings is 1. The summed E-state index contributed by atoms with van der Waals surface area (Å²) in [4.78, 5) is 11.5. The van der Waals surface area contributed by atoms with Crippen LogP contribution in [0.5, 0.6) is 5.75 Å². The Labute approximate surface area is 137 Å². The Morgan fingerprint density at radius 1 is 1.26 bits per heavy atom. The molecule has 128 valence electrons. The van der Waals surface area contributed by atoms with Gasteiger partial charge in [-0.3, -0.25) is 4.79 Å². The van der Waals surface area contributed by atoms with Gasteiger partial charge in [-0.25, -0.2) is 8.42 Å². The maximum atomic E-state index is 13.0. The maximum absolute atomic E-state index is 13.0. The molecule has 2 rings (SSSR count). The zero-order chi connectivity index (χ0) is 17.4. The first kappa shape index (κ1) is 17.7. The third-order valence-corrected chi connectivity index (χ3v) is 6.48. The van der Waals surface area contributed by atoms with E-state index in [9.17, 15) is 18.3 Å². The van der Waals surface area contributed by atoms with Crippen LogP contribution in [-0.4, -0.2) is 44.0 Å². The van der Waals surface area contributed by atoms with Gasteiger partial charge in [-0.15, -0.1) is 0 Å². The van der Waals surface area contributed by atoms with Gasteiger partial charge in [-0.05, 0) is 49.4 Å². The standard InChI is InChI=1S/C16H23NO5S/c1-10-7-13(16(18)19)9-17(8-10)23(20,21)15-6-5-14(22-4)11(2)12(15)3/h5-6,10,13H,7-9H2,1-4H3,(H,18,19). The Balaban J connectivity index is 2.42. The fourth-order valence-corrected chi connectivity index (χ4v) is 4.97. The zero-order valence-corrected chi connectivity index (χ0v) is 14.7. The minimum atomic E-state index is -3.73. The van der Waals surface area contributed by atoms with E-state index in [1.807, 2.05) is 13.8 Å². The van der Waals surface area contributed by atoms with Gasteiger partial charge in [-0.2, -0.15) is 4.31 Å². The highest BCUT2D eigenvalue weighted by molar-refractivity contribution is 7.89. The number of rotatable bonds is 4. The summed E-state index contributed by atoms with van der Waals surface area (Å²) >= 11 is 0. The van der Waals surface area contributed by atoms with Crippen LogP contribution in [-0.2, 0) is 14.8 Å². The first-order valence-electron chi connectivity index (χ1n) is 7.55. The molecular weight excluding hydrogens is 318 g/mol. The smallest absolute Gasteiger partial charge is 0.307 e. The van der Waals surface area contributed by atoms with Gasteiger partial charge >= 0.3 is 5.97 Å². The van der Waals surface area contributed by atoms with Crippen LogP contribution < -0.4 is 4.74 Å². The average Bonchev–Trinajstić information content (AvgIpc) is 2.49. The Hall–Kier alpha value is -1.60. The van der Waals surface area contributed by atoms with Crippen molar-refractivity contribution < 1.29 is 23.1 Å². The van der Waals surface area contributed by atoms with E-state index in [-0.39, 0.29) is 17.4 Å². The number of hydrogen-bond donors (Lipinski definition) is 1. The molecule has 0 spiro atoms. The Kier molecular flexibility index (Phi) is 5.01. The summed E-state index contributed by atoms with van der Waals surface area (Å²) < 4.78 is 32.4. The molecule has 23 heavy (non-hydrogen) atoms. The van der Waals surface area contributed by atoms with Crippen molar-refractivity contribution in [3.8, 4) is 5.75 Å². The van der Waals surface area contributed by atoms with Crippen molar-refractivity contribution in [3.63, 3.8) is 0 Å². The molecule has 1 N–H and O–H groups in total. The molecule has 2 atom stereocenters. The molecule has 6 nitrogen and oxygen atoms in total. The number of nitrogens with zero attached hydrogens (tertiary/aromatic N) is 1. The minimum Gasteiger partial charge on any atom is -0.496 e. The summed E-state index contributed by atoms with van der Waals surface area (Å²) in [5.41, 5.74) is 1.41. The highest BCUT2D eigenvalue weighted by Gasteiger charge is 2.37. The van der Waals surface area contributed by atoms with Gasteiger partial charge in [0.05, 0.1) is 17.9 Å². The van der Waals surface area contributed by atoms with Crippen LogP contribution in [0, 0.1) is 25.7 Å². The summed E-state index contributed by atoms with van der Waals surface area (Å²) in [5, 5.41) is 9.24. The lowest BCUT2D eigenvalue weighted by molar-refractivity contribution is -0.143. The molecule has 7 heteroatoms. The number of sulfonamides is 1. The number of ether oxygens (including phenoxy) is 1. The number of methoxy groups -OCH3 is 1. The van der Waals surface area contributed by atoms with E-state index in [1.165, 1.54) is 10.4 Å². The Bertz CT molecular complexity index is 713. The van der Waals surface area contributed by atoms with Gasteiger partial charge in [-0.1, -0.05) is 6.92 Å². The topological polar surface area (TPSA) is 83.9 Å². The molecule has 0 radical (unpaired) electrons. The van der Waals surface area contributed by atoms with Gasteiger partial charge in [0.2, 0.25) is 10.0 Å². The van der Waals surface area contributed by atoms with Crippen LogP contribution in [0.4, 0.5) is 0 Å².